The molecule has 0 aromatic rings. The summed E-state index contributed by atoms with van der Waals surface area (Å²) in [6, 6.07) is 0. The first-order valence-corrected chi connectivity index (χ1v) is 7.27. The molecular formula is C11H18O7S. The van der Waals surface area contributed by atoms with Gasteiger partial charge in [-0.25, -0.2) is 4.79 Å². The Balaban J connectivity index is 4.65. The van der Waals surface area contributed by atoms with Crippen molar-refractivity contribution in [1.82, 2.24) is 0 Å². The van der Waals surface area contributed by atoms with E-state index in [0.29, 0.717) is 12.8 Å². The molecule has 19 heavy (non-hydrogen) atoms. The van der Waals surface area contributed by atoms with Crippen LogP contribution in [-0.4, -0.2) is 37.0 Å². The van der Waals surface area contributed by atoms with Crippen LogP contribution in [0.25, 0.3) is 0 Å². The van der Waals surface area contributed by atoms with Crippen molar-refractivity contribution in [2.45, 2.75) is 32.8 Å². The summed E-state index contributed by atoms with van der Waals surface area (Å²) in [6.07, 6.45) is 1.15. The van der Waals surface area contributed by atoms with Crippen molar-refractivity contribution >= 4 is 22.1 Å². The van der Waals surface area contributed by atoms with Crippen LogP contribution >= 0.6 is 0 Å². The van der Waals surface area contributed by atoms with Crippen LogP contribution in [0.15, 0.2) is 12.7 Å². The second-order valence-corrected chi connectivity index (χ2v) is 5.30. The Morgan fingerprint density at radius 1 is 1.42 bits per heavy atom. The van der Waals surface area contributed by atoms with Gasteiger partial charge >= 0.3 is 22.1 Å². The molecule has 0 aliphatic carbocycles. The summed E-state index contributed by atoms with van der Waals surface area (Å²) in [5.41, 5.74) is 0. The van der Waals surface area contributed by atoms with E-state index in [-0.39, 0.29) is 0 Å². The van der Waals surface area contributed by atoms with Crippen LogP contribution in [0, 0.1) is 5.92 Å². The van der Waals surface area contributed by atoms with Gasteiger partial charge in [-0.2, -0.15) is 8.42 Å². The molecule has 0 saturated heterocycles. The number of carbonyl (C=O) groups is 2. The molecule has 2 unspecified atom stereocenters. The quantitative estimate of drug-likeness (QED) is 0.402. The van der Waals surface area contributed by atoms with Crippen LogP contribution in [0.1, 0.15) is 26.7 Å². The summed E-state index contributed by atoms with van der Waals surface area (Å²) in [7, 11) is -4.39. The highest BCUT2D eigenvalue weighted by atomic mass is 32.2. The summed E-state index contributed by atoms with van der Waals surface area (Å²) in [4.78, 5) is 22.7. The molecule has 0 aromatic heterocycles. The molecule has 0 amide bonds. The van der Waals surface area contributed by atoms with Gasteiger partial charge in [0.1, 0.15) is 6.10 Å². The van der Waals surface area contributed by atoms with Gasteiger partial charge in [0.05, 0.1) is 5.92 Å². The molecule has 110 valence electrons. The van der Waals surface area contributed by atoms with Gasteiger partial charge in [-0.3, -0.25) is 9.35 Å². The highest BCUT2D eigenvalue weighted by Gasteiger charge is 2.29. The predicted octanol–water partition coefficient (Wildman–Crippen LogP) is 0.909. The summed E-state index contributed by atoms with van der Waals surface area (Å²) in [5, 5.41) is 0. The van der Waals surface area contributed by atoms with E-state index in [1.165, 1.54) is 6.92 Å². The Morgan fingerprint density at radius 3 is 2.42 bits per heavy atom. The molecule has 0 aromatic carbocycles. The van der Waals surface area contributed by atoms with Crippen molar-refractivity contribution in [3.63, 3.8) is 0 Å². The lowest BCUT2D eigenvalue weighted by Crippen LogP contribution is -2.32. The fourth-order valence-electron chi connectivity index (χ4n) is 1.41. The van der Waals surface area contributed by atoms with Gasteiger partial charge < -0.3 is 9.47 Å². The van der Waals surface area contributed by atoms with E-state index >= 15 is 0 Å². The maximum absolute atomic E-state index is 11.7. The van der Waals surface area contributed by atoms with E-state index in [0.717, 1.165) is 6.08 Å². The molecule has 0 radical (unpaired) electrons. The maximum atomic E-state index is 11.7. The summed E-state index contributed by atoms with van der Waals surface area (Å²) in [6.45, 7) is 6.54. The molecule has 0 rings (SSSR count). The van der Waals surface area contributed by atoms with Gasteiger partial charge in [-0.15, -0.1) is 0 Å². The zero-order chi connectivity index (χ0) is 15.1. The van der Waals surface area contributed by atoms with Crippen LogP contribution in [0.2, 0.25) is 0 Å². The molecule has 1 N–H and O–H groups in total. The van der Waals surface area contributed by atoms with Gasteiger partial charge in [0.15, 0.2) is 0 Å². The Hall–Kier alpha value is -1.41. The summed E-state index contributed by atoms with van der Waals surface area (Å²) in [5.74, 6) is -3.44. The third-order valence-corrected chi connectivity index (χ3v) is 2.70. The average molecular weight is 294 g/mol. The molecule has 2 atom stereocenters. The topological polar surface area (TPSA) is 107 Å². The minimum absolute atomic E-state index is 0.357. The Kier molecular flexibility index (Phi) is 7.32. The number of hydrogen-bond donors (Lipinski definition) is 1. The van der Waals surface area contributed by atoms with Crippen LogP contribution in [0.4, 0.5) is 0 Å². The zero-order valence-corrected chi connectivity index (χ0v) is 11.7. The second kappa shape index (κ2) is 7.90. The van der Waals surface area contributed by atoms with E-state index in [1.807, 2.05) is 6.92 Å². The molecule has 0 bridgehead atoms. The second-order valence-electron chi connectivity index (χ2n) is 3.90. The average Bonchev–Trinajstić information content (AvgIpc) is 2.31. The van der Waals surface area contributed by atoms with Crippen molar-refractivity contribution < 1.29 is 32.0 Å². The predicted molar refractivity (Wildman–Crippen MR) is 66.7 cm³/mol. The molecule has 0 saturated carbocycles. The SMILES string of the molecule is C=CC(=O)OC(C)C(CCC)C(=O)OCS(=O)(=O)O. The standard InChI is InChI=1S/C11H18O7S/c1-4-6-9(8(3)18-10(12)5-2)11(13)17-7-19(14,15)16/h5,8-9H,2,4,6-7H2,1,3H3,(H,14,15,16). The van der Waals surface area contributed by atoms with Gasteiger partial charge in [-0.1, -0.05) is 19.9 Å². The Bertz CT molecular complexity index is 426. The Labute approximate surface area is 112 Å². The van der Waals surface area contributed by atoms with Crippen LogP contribution in [0.5, 0.6) is 0 Å². The first kappa shape index (κ1) is 17.6. The van der Waals surface area contributed by atoms with Crippen molar-refractivity contribution in [2.75, 3.05) is 5.94 Å². The lowest BCUT2D eigenvalue weighted by Gasteiger charge is -2.21. The largest absolute Gasteiger partial charge is 0.459 e. The number of rotatable bonds is 8. The first-order valence-electron chi connectivity index (χ1n) is 5.66. The number of esters is 2. The fourth-order valence-corrected chi connectivity index (χ4v) is 1.67. The lowest BCUT2D eigenvalue weighted by molar-refractivity contribution is -0.157. The van der Waals surface area contributed by atoms with Gasteiger partial charge in [0, 0.05) is 6.08 Å². The molecule has 7 nitrogen and oxygen atoms in total. The van der Waals surface area contributed by atoms with E-state index in [1.54, 1.807) is 0 Å². The van der Waals surface area contributed by atoms with Gasteiger partial charge in [0.2, 0.25) is 5.94 Å². The highest BCUT2D eigenvalue weighted by molar-refractivity contribution is 7.85. The fraction of sp³-hybridized carbons (Fsp3) is 0.636. The van der Waals surface area contributed by atoms with Crippen LogP contribution in [-0.2, 0) is 29.2 Å². The van der Waals surface area contributed by atoms with Crippen molar-refractivity contribution in [1.29, 1.82) is 0 Å². The third-order valence-electron chi connectivity index (χ3n) is 2.29. The lowest BCUT2D eigenvalue weighted by atomic mass is 9.98. The molecule has 8 heteroatoms. The van der Waals surface area contributed by atoms with Crippen molar-refractivity contribution in [3.8, 4) is 0 Å². The Morgan fingerprint density at radius 2 is 2.00 bits per heavy atom. The number of ether oxygens (including phenoxy) is 2. The van der Waals surface area contributed by atoms with E-state index in [4.69, 9.17) is 9.29 Å². The highest BCUT2D eigenvalue weighted by Crippen LogP contribution is 2.17. The smallest absolute Gasteiger partial charge is 0.330 e. The molecular weight excluding hydrogens is 276 g/mol. The molecule has 0 fully saturated rings. The zero-order valence-electron chi connectivity index (χ0n) is 10.9. The van der Waals surface area contributed by atoms with E-state index in [2.05, 4.69) is 11.3 Å². The van der Waals surface area contributed by atoms with E-state index in [9.17, 15) is 18.0 Å². The van der Waals surface area contributed by atoms with Crippen molar-refractivity contribution in [2.24, 2.45) is 5.92 Å². The molecule has 0 spiro atoms. The molecule has 0 aliphatic heterocycles. The van der Waals surface area contributed by atoms with Gasteiger partial charge in [-0.05, 0) is 13.3 Å². The first-order chi connectivity index (χ1) is 8.71. The number of carbonyl (C=O) groups excluding carboxylic acids is 2. The minimum atomic E-state index is -4.39. The third kappa shape index (κ3) is 7.58. The maximum Gasteiger partial charge on any atom is 0.330 e. The van der Waals surface area contributed by atoms with Gasteiger partial charge in [0.25, 0.3) is 0 Å². The number of hydrogen-bond acceptors (Lipinski definition) is 6. The molecule has 0 aliphatic rings. The minimum Gasteiger partial charge on any atom is -0.459 e. The van der Waals surface area contributed by atoms with Crippen molar-refractivity contribution in [3.05, 3.63) is 12.7 Å². The molecule has 0 heterocycles. The van der Waals surface area contributed by atoms with E-state index < -0.39 is 40.0 Å². The monoisotopic (exact) mass is 294 g/mol. The summed E-state index contributed by atoms with van der Waals surface area (Å²) >= 11 is 0. The normalized spacial score (nSPS) is 14.3. The summed E-state index contributed by atoms with van der Waals surface area (Å²) < 4.78 is 38.8. The van der Waals surface area contributed by atoms with Crippen LogP contribution in [0.3, 0.4) is 0 Å². The van der Waals surface area contributed by atoms with Crippen LogP contribution < -0.4 is 0 Å².